The molecule has 20 heavy (non-hydrogen) atoms. The van der Waals surface area contributed by atoms with Crippen molar-refractivity contribution in [2.45, 2.75) is 19.4 Å². The maximum atomic E-state index is 12.3. The molecule has 2 aromatic rings. The fourth-order valence-corrected chi connectivity index (χ4v) is 2.25. The van der Waals surface area contributed by atoms with Crippen LogP contribution in [0.1, 0.15) is 22.5 Å². The third-order valence-electron chi connectivity index (χ3n) is 3.05. The molecular weight excluding hydrogens is 276 g/mol. The second-order valence-corrected chi connectivity index (χ2v) is 4.87. The van der Waals surface area contributed by atoms with Crippen molar-refractivity contribution in [3.8, 4) is 0 Å². The van der Waals surface area contributed by atoms with Crippen molar-refractivity contribution in [2.24, 2.45) is 0 Å². The lowest BCUT2D eigenvalue weighted by Crippen LogP contribution is -2.14. The fraction of sp³-hybridized carbons (Fsp3) is 0.333. The van der Waals surface area contributed by atoms with E-state index in [2.05, 4.69) is 5.10 Å². The van der Waals surface area contributed by atoms with Crippen molar-refractivity contribution < 1.29 is 9.53 Å². The van der Waals surface area contributed by atoms with Gasteiger partial charge in [-0.3, -0.25) is 9.48 Å². The number of benzene rings is 1. The van der Waals surface area contributed by atoms with Gasteiger partial charge in [0.2, 0.25) is 0 Å². The lowest BCUT2D eigenvalue weighted by molar-refractivity contribution is 0.0969. The molecule has 0 saturated heterocycles. The molecule has 0 atom stereocenters. The second-order valence-electron chi connectivity index (χ2n) is 4.47. The molecule has 5 heteroatoms. The summed E-state index contributed by atoms with van der Waals surface area (Å²) in [4.78, 5) is 12.3. The minimum Gasteiger partial charge on any atom is -0.383 e. The summed E-state index contributed by atoms with van der Waals surface area (Å²) in [5.74, 6) is 0.00690. The summed E-state index contributed by atoms with van der Waals surface area (Å²) in [6.07, 6.45) is 2.63. The Bertz CT molecular complexity index is 567. The van der Waals surface area contributed by atoms with Crippen LogP contribution < -0.4 is 0 Å². The van der Waals surface area contributed by atoms with Crippen LogP contribution in [0.5, 0.6) is 0 Å². The molecule has 1 aromatic carbocycles. The molecule has 0 aliphatic heterocycles. The van der Waals surface area contributed by atoms with Crippen LogP contribution in [0.3, 0.4) is 0 Å². The number of nitrogens with zero attached hydrogens (tertiary/aromatic N) is 2. The van der Waals surface area contributed by atoms with Gasteiger partial charge in [-0.2, -0.15) is 5.10 Å². The van der Waals surface area contributed by atoms with Crippen LogP contribution in [-0.2, 0) is 17.7 Å². The zero-order valence-corrected chi connectivity index (χ0v) is 12.1. The van der Waals surface area contributed by atoms with Gasteiger partial charge in [-0.05, 0) is 12.0 Å². The van der Waals surface area contributed by atoms with Gasteiger partial charge in [0.1, 0.15) is 5.69 Å². The first-order chi connectivity index (χ1) is 9.72. The van der Waals surface area contributed by atoms with E-state index in [-0.39, 0.29) is 5.78 Å². The number of ether oxygens (including phenoxy) is 1. The van der Waals surface area contributed by atoms with Crippen LogP contribution in [-0.4, -0.2) is 29.3 Å². The van der Waals surface area contributed by atoms with E-state index in [1.165, 1.54) is 6.20 Å². The van der Waals surface area contributed by atoms with Crippen molar-refractivity contribution in [1.82, 2.24) is 9.78 Å². The summed E-state index contributed by atoms with van der Waals surface area (Å²) >= 11 is 6.06. The quantitative estimate of drug-likeness (QED) is 0.737. The van der Waals surface area contributed by atoms with Crippen LogP contribution in [0.4, 0.5) is 0 Å². The number of rotatable bonds is 7. The van der Waals surface area contributed by atoms with E-state index in [4.69, 9.17) is 16.3 Å². The van der Waals surface area contributed by atoms with E-state index in [1.807, 2.05) is 30.3 Å². The van der Waals surface area contributed by atoms with Crippen LogP contribution in [0.25, 0.3) is 0 Å². The number of ketones is 1. The lowest BCUT2D eigenvalue weighted by Gasteiger charge is -2.07. The summed E-state index contributed by atoms with van der Waals surface area (Å²) in [5.41, 5.74) is 1.61. The van der Waals surface area contributed by atoms with Crippen LogP contribution in [0.2, 0.25) is 5.02 Å². The fourth-order valence-electron chi connectivity index (χ4n) is 2.01. The predicted molar refractivity (Wildman–Crippen MR) is 78.2 cm³/mol. The molecular formula is C15H17ClN2O2. The van der Waals surface area contributed by atoms with Gasteiger partial charge in [0.25, 0.3) is 0 Å². The third-order valence-corrected chi connectivity index (χ3v) is 3.33. The maximum absolute atomic E-state index is 12.3. The minimum absolute atomic E-state index is 0.00690. The van der Waals surface area contributed by atoms with E-state index in [9.17, 15) is 4.79 Å². The molecule has 2 rings (SSSR count). The van der Waals surface area contributed by atoms with Crippen LogP contribution in [0.15, 0.2) is 36.5 Å². The first-order valence-corrected chi connectivity index (χ1v) is 6.87. The number of carbonyl (C=O) groups is 1. The Morgan fingerprint density at radius 3 is 2.80 bits per heavy atom. The molecule has 0 aliphatic rings. The molecule has 0 aliphatic carbocycles. The highest BCUT2D eigenvalue weighted by molar-refractivity contribution is 6.33. The maximum Gasteiger partial charge on any atom is 0.182 e. The van der Waals surface area contributed by atoms with E-state index in [1.54, 1.807) is 11.8 Å². The van der Waals surface area contributed by atoms with Gasteiger partial charge in [0.15, 0.2) is 5.78 Å². The molecule has 0 amide bonds. The average molecular weight is 293 g/mol. The topological polar surface area (TPSA) is 44.1 Å². The molecule has 0 bridgehead atoms. The summed E-state index contributed by atoms with van der Waals surface area (Å²) in [5, 5.41) is 4.52. The molecule has 0 N–H and O–H groups in total. The molecule has 0 unspecified atom stereocenters. The standard InChI is InChI=1S/C15H17ClN2O2/c1-20-10-9-18-15(13(16)11-17-18)14(19)8-7-12-5-3-2-4-6-12/h2-6,11H,7-10H2,1H3. The van der Waals surface area contributed by atoms with E-state index < -0.39 is 0 Å². The number of methoxy groups -OCH3 is 1. The Kier molecular flexibility index (Phi) is 5.32. The van der Waals surface area contributed by atoms with Gasteiger partial charge >= 0.3 is 0 Å². The van der Waals surface area contributed by atoms with Gasteiger partial charge in [-0.15, -0.1) is 0 Å². The first kappa shape index (κ1) is 14.8. The number of aryl methyl sites for hydroxylation is 1. The zero-order chi connectivity index (χ0) is 14.4. The van der Waals surface area contributed by atoms with E-state index in [0.29, 0.717) is 36.7 Å². The zero-order valence-electron chi connectivity index (χ0n) is 11.4. The second kappa shape index (κ2) is 7.22. The number of aromatic nitrogens is 2. The summed E-state index contributed by atoms with van der Waals surface area (Å²) < 4.78 is 6.61. The molecule has 1 heterocycles. The van der Waals surface area contributed by atoms with Crippen molar-refractivity contribution in [3.05, 3.63) is 52.8 Å². The number of Topliss-reactive ketones (excluding diaryl/α,β-unsaturated/α-hetero) is 1. The first-order valence-electron chi connectivity index (χ1n) is 6.49. The molecule has 0 spiro atoms. The molecule has 106 valence electrons. The summed E-state index contributed by atoms with van der Waals surface area (Å²) in [7, 11) is 1.61. The van der Waals surface area contributed by atoms with Crippen molar-refractivity contribution in [2.75, 3.05) is 13.7 Å². The summed E-state index contributed by atoms with van der Waals surface area (Å²) in [6.45, 7) is 1.02. The van der Waals surface area contributed by atoms with Crippen molar-refractivity contribution in [3.63, 3.8) is 0 Å². The predicted octanol–water partition coefficient (Wildman–Crippen LogP) is 3.00. The largest absolute Gasteiger partial charge is 0.383 e. The van der Waals surface area contributed by atoms with Crippen LogP contribution in [0, 0.1) is 0 Å². The molecule has 1 aromatic heterocycles. The summed E-state index contributed by atoms with van der Waals surface area (Å²) in [6, 6.07) is 9.92. The molecule has 0 radical (unpaired) electrons. The Morgan fingerprint density at radius 2 is 2.10 bits per heavy atom. The van der Waals surface area contributed by atoms with Crippen molar-refractivity contribution >= 4 is 17.4 Å². The lowest BCUT2D eigenvalue weighted by atomic mass is 10.1. The SMILES string of the molecule is COCCn1ncc(Cl)c1C(=O)CCc1ccccc1. The van der Waals surface area contributed by atoms with E-state index >= 15 is 0 Å². The van der Waals surface area contributed by atoms with E-state index in [0.717, 1.165) is 5.56 Å². The molecule has 0 fully saturated rings. The van der Waals surface area contributed by atoms with Crippen LogP contribution >= 0.6 is 11.6 Å². The van der Waals surface area contributed by atoms with Gasteiger partial charge in [-0.25, -0.2) is 0 Å². The molecule has 0 saturated carbocycles. The Balaban J connectivity index is 2.03. The Hall–Kier alpha value is -1.65. The minimum atomic E-state index is 0.00690. The van der Waals surface area contributed by atoms with Gasteiger partial charge in [-0.1, -0.05) is 41.9 Å². The molecule has 4 nitrogen and oxygen atoms in total. The van der Waals surface area contributed by atoms with Gasteiger partial charge < -0.3 is 4.74 Å². The average Bonchev–Trinajstić information content (AvgIpc) is 2.84. The highest BCUT2D eigenvalue weighted by Gasteiger charge is 2.17. The van der Waals surface area contributed by atoms with Gasteiger partial charge in [0.05, 0.1) is 24.4 Å². The number of hydrogen-bond acceptors (Lipinski definition) is 3. The van der Waals surface area contributed by atoms with Crippen molar-refractivity contribution in [1.29, 1.82) is 0 Å². The number of halogens is 1. The smallest absolute Gasteiger partial charge is 0.182 e. The Morgan fingerprint density at radius 1 is 1.35 bits per heavy atom. The monoisotopic (exact) mass is 292 g/mol. The Labute approximate surface area is 123 Å². The third kappa shape index (κ3) is 3.68. The van der Waals surface area contributed by atoms with Gasteiger partial charge in [0, 0.05) is 13.5 Å². The number of carbonyl (C=O) groups excluding carboxylic acids is 1. The normalized spacial score (nSPS) is 10.7. The highest BCUT2D eigenvalue weighted by atomic mass is 35.5. The highest BCUT2D eigenvalue weighted by Crippen LogP contribution is 2.18. The number of hydrogen-bond donors (Lipinski definition) is 0.